The molecule has 0 aromatic rings. The quantitative estimate of drug-likeness (QED) is 0.615. The zero-order valence-corrected chi connectivity index (χ0v) is 14.0. The second kappa shape index (κ2) is 6.01. The number of hydrogen-bond acceptors (Lipinski definition) is 1. The maximum absolute atomic E-state index is 6.25. The Bertz CT molecular complexity index is 186. The minimum atomic E-state index is 0. The summed E-state index contributed by atoms with van der Waals surface area (Å²) in [7, 11) is 0. The molecule has 0 amide bonds. The Labute approximate surface area is 139 Å². The van der Waals surface area contributed by atoms with Crippen LogP contribution < -0.4 is 51.4 Å². The molecular weight excluding hydrogens is 210 g/mol. The van der Waals surface area contributed by atoms with Gasteiger partial charge in [-0.25, -0.2) is 0 Å². The van der Waals surface area contributed by atoms with Crippen molar-refractivity contribution in [2.75, 3.05) is 0 Å². The third-order valence-electron chi connectivity index (χ3n) is 3.72. The van der Waals surface area contributed by atoms with Crippen molar-refractivity contribution in [3.63, 3.8) is 0 Å². The van der Waals surface area contributed by atoms with Crippen LogP contribution in [0.4, 0.5) is 0 Å². The maximum Gasteiger partial charge on any atom is 1.00 e. The van der Waals surface area contributed by atoms with E-state index in [1.54, 1.807) is 0 Å². The summed E-state index contributed by atoms with van der Waals surface area (Å²) in [5, 5.41) is 0. The number of hydrogen-bond donors (Lipinski definition) is 0. The molecule has 2 aliphatic heterocycles. The van der Waals surface area contributed by atoms with Crippen molar-refractivity contribution in [3.05, 3.63) is 0 Å². The van der Waals surface area contributed by atoms with Crippen LogP contribution in [0.25, 0.3) is 0 Å². The van der Waals surface area contributed by atoms with Gasteiger partial charge in [0.2, 0.25) is 0 Å². The van der Waals surface area contributed by atoms with Crippen LogP contribution in [0.3, 0.4) is 0 Å². The Morgan fingerprint density at radius 3 is 1.73 bits per heavy atom. The van der Waals surface area contributed by atoms with Gasteiger partial charge in [-0.1, -0.05) is 38.5 Å². The van der Waals surface area contributed by atoms with Gasteiger partial charge in [0.1, 0.15) is 0 Å². The molecule has 0 unspecified atom stereocenters. The van der Waals surface area contributed by atoms with E-state index in [1.807, 2.05) is 0 Å². The summed E-state index contributed by atoms with van der Waals surface area (Å²) in [5.41, 5.74) is 0.0514. The normalized spacial score (nSPS) is 31.0. The van der Waals surface area contributed by atoms with E-state index in [4.69, 9.17) is 4.65 Å². The predicted octanol–water partition coefficient (Wildman–Crippen LogP) is 1.02. The molecule has 0 saturated carbocycles. The van der Waals surface area contributed by atoms with Gasteiger partial charge in [-0.2, -0.15) is 0 Å². The van der Waals surface area contributed by atoms with Gasteiger partial charge in [0.05, 0.1) is 0 Å². The molecule has 0 N–H and O–H groups in total. The van der Waals surface area contributed by atoms with Gasteiger partial charge >= 0.3 is 51.4 Å². The zero-order chi connectivity index (χ0) is 10.2. The monoisotopic (exact) mass is 234 g/mol. The van der Waals surface area contributed by atoms with Gasteiger partial charge in [-0.15, -0.1) is 0 Å². The molecular formula is C12H24BKO. The number of rotatable bonds is 1. The van der Waals surface area contributed by atoms with Crippen molar-refractivity contribution in [1.29, 1.82) is 0 Å². The second-order valence-electron chi connectivity index (χ2n) is 6.08. The zero-order valence-electron chi connectivity index (χ0n) is 11.9. The van der Waals surface area contributed by atoms with Crippen LogP contribution >= 0.6 is 0 Å². The molecule has 0 aliphatic carbocycles. The van der Waals surface area contributed by atoms with Crippen molar-refractivity contribution >= 4 is 6.92 Å². The molecule has 82 valence electrons. The van der Waals surface area contributed by atoms with Gasteiger partial charge in [-0.3, -0.25) is 0 Å². The molecule has 15 heavy (non-hydrogen) atoms. The minimum absolute atomic E-state index is 0. The Hall–Kier alpha value is 1.66. The molecule has 2 heterocycles. The third-order valence-corrected chi connectivity index (χ3v) is 3.72. The third kappa shape index (κ3) is 4.11. The summed E-state index contributed by atoms with van der Waals surface area (Å²) in [4.78, 5) is 0. The molecule has 0 radical (unpaired) electrons. The van der Waals surface area contributed by atoms with E-state index in [2.05, 4.69) is 20.8 Å². The van der Waals surface area contributed by atoms with Crippen LogP contribution in [-0.2, 0) is 4.65 Å². The molecule has 3 heteroatoms. The van der Waals surface area contributed by atoms with Gasteiger partial charge in [0.15, 0.2) is 0 Å². The van der Waals surface area contributed by atoms with Crippen LogP contribution in [0.2, 0.25) is 11.6 Å². The van der Waals surface area contributed by atoms with E-state index in [0.29, 0.717) is 6.92 Å². The summed E-state index contributed by atoms with van der Waals surface area (Å²) in [6, 6.07) is 0. The first kappa shape index (κ1) is 14.7. The summed E-state index contributed by atoms with van der Waals surface area (Å²) in [6.07, 6.45) is 8.54. The summed E-state index contributed by atoms with van der Waals surface area (Å²) in [5.74, 6) is 1.75. The van der Waals surface area contributed by atoms with Crippen molar-refractivity contribution in [2.24, 2.45) is 0 Å². The van der Waals surface area contributed by atoms with E-state index < -0.39 is 0 Å². The fourth-order valence-corrected chi connectivity index (χ4v) is 3.22. The molecule has 2 aliphatic rings. The molecule has 2 rings (SSSR count). The average molecular weight is 234 g/mol. The van der Waals surface area contributed by atoms with E-state index in [9.17, 15) is 0 Å². The van der Waals surface area contributed by atoms with E-state index in [0.717, 1.165) is 11.6 Å². The maximum atomic E-state index is 6.25. The van der Waals surface area contributed by atoms with Crippen LogP contribution in [0.1, 0.15) is 60.7 Å². The Morgan fingerprint density at radius 1 is 1.00 bits per heavy atom. The first-order valence-electron chi connectivity index (χ1n) is 6.24. The Balaban J connectivity index is 0.00000112. The molecule has 1 nitrogen and oxygen atoms in total. The summed E-state index contributed by atoms with van der Waals surface area (Å²) in [6.45, 7) is 7.16. The molecule has 0 spiro atoms. The van der Waals surface area contributed by atoms with Crippen LogP contribution in [0.15, 0.2) is 0 Å². The fourth-order valence-electron chi connectivity index (χ4n) is 3.22. The summed E-state index contributed by atoms with van der Waals surface area (Å²) >= 11 is 0. The fraction of sp³-hybridized carbons (Fsp3) is 1.00. The number of fused-ring (bicyclic) bond motifs is 2. The van der Waals surface area contributed by atoms with E-state index in [1.165, 1.54) is 38.5 Å². The predicted molar refractivity (Wildman–Crippen MR) is 62.9 cm³/mol. The van der Waals surface area contributed by atoms with Crippen molar-refractivity contribution in [2.45, 2.75) is 76.5 Å². The molecule has 0 aromatic carbocycles. The Kier molecular flexibility index (Phi) is 5.90. The van der Waals surface area contributed by atoms with Crippen molar-refractivity contribution in [1.82, 2.24) is 0 Å². The van der Waals surface area contributed by atoms with Gasteiger partial charge in [0, 0.05) is 5.60 Å². The molecule has 2 bridgehead atoms. The van der Waals surface area contributed by atoms with E-state index >= 15 is 0 Å². The summed E-state index contributed by atoms with van der Waals surface area (Å²) < 4.78 is 6.25. The topological polar surface area (TPSA) is 9.23 Å². The average Bonchev–Trinajstić information content (AvgIpc) is 1.99. The van der Waals surface area contributed by atoms with Gasteiger partial charge in [-0.05, 0) is 32.4 Å². The standard InChI is InChI=1S/C12H23BO.K.H/c1-12(2,3)14-13-10-6-4-7-11(13)9-5-8-10;;/h10-11H,4-9H2,1-3H3;;/q;+1;-1. The second-order valence-corrected chi connectivity index (χ2v) is 6.08. The molecule has 2 fully saturated rings. The first-order chi connectivity index (χ1) is 6.56. The largest absolute Gasteiger partial charge is 1.00 e. The minimum Gasteiger partial charge on any atom is -1.00 e. The van der Waals surface area contributed by atoms with Gasteiger partial charge < -0.3 is 6.08 Å². The van der Waals surface area contributed by atoms with Crippen LogP contribution in [0, 0.1) is 0 Å². The SMILES string of the molecule is CC(C)(C)OB1C2CCCC1CCC2.[H-].[K+]. The molecule has 0 atom stereocenters. The van der Waals surface area contributed by atoms with E-state index in [-0.39, 0.29) is 58.4 Å². The molecule has 2 saturated heterocycles. The van der Waals surface area contributed by atoms with Crippen molar-refractivity contribution < 1.29 is 57.5 Å². The Morgan fingerprint density at radius 2 is 1.40 bits per heavy atom. The van der Waals surface area contributed by atoms with Gasteiger partial charge in [0.25, 0.3) is 6.92 Å². The van der Waals surface area contributed by atoms with Crippen LogP contribution in [0.5, 0.6) is 0 Å². The first-order valence-corrected chi connectivity index (χ1v) is 6.24. The van der Waals surface area contributed by atoms with Crippen LogP contribution in [-0.4, -0.2) is 12.5 Å². The smallest absolute Gasteiger partial charge is 1.00 e. The molecule has 0 aromatic heterocycles. The van der Waals surface area contributed by atoms with Crippen molar-refractivity contribution in [3.8, 4) is 0 Å².